The maximum absolute atomic E-state index is 8.13. The van der Waals surface area contributed by atoms with E-state index in [1.54, 1.807) is 0 Å². The van der Waals surface area contributed by atoms with Crippen LogP contribution < -0.4 is 5.73 Å². The summed E-state index contributed by atoms with van der Waals surface area (Å²) in [5, 5.41) is 0. The molecular formula is C14H22N. The van der Waals surface area contributed by atoms with Crippen LogP contribution in [0.15, 0.2) is 18.2 Å². The molecule has 1 nitrogen and oxygen atoms in total. The summed E-state index contributed by atoms with van der Waals surface area (Å²) < 4.78 is 0. The van der Waals surface area contributed by atoms with Gasteiger partial charge in [-0.1, -0.05) is 45.9 Å². The highest BCUT2D eigenvalue weighted by Crippen LogP contribution is 2.24. The number of benzene rings is 1. The molecule has 1 N–H and O–H groups in total. The van der Waals surface area contributed by atoms with Crippen LogP contribution >= 0.6 is 0 Å². The molecule has 1 aromatic rings. The maximum Gasteiger partial charge on any atom is 0.0603 e. The molecule has 0 atom stereocenters. The van der Waals surface area contributed by atoms with E-state index in [1.165, 1.54) is 11.1 Å². The van der Waals surface area contributed by atoms with E-state index in [1.807, 2.05) is 0 Å². The minimum absolute atomic E-state index is 0.628. The van der Waals surface area contributed by atoms with Crippen molar-refractivity contribution in [2.45, 2.75) is 40.5 Å². The standard InChI is InChI=1S/C14H22N/c1-10(2)8-12-6-5-7-13(14(12)15)9-11(3)4/h5-7,10-11,15H,8-9H2,1-4H3. The van der Waals surface area contributed by atoms with Crippen molar-refractivity contribution in [1.29, 1.82) is 0 Å². The van der Waals surface area contributed by atoms with Crippen LogP contribution in [0.25, 0.3) is 0 Å². The molecule has 0 aliphatic carbocycles. The number of hydrogen-bond donors (Lipinski definition) is 0. The summed E-state index contributed by atoms with van der Waals surface area (Å²) in [5.74, 6) is 1.26. The van der Waals surface area contributed by atoms with Crippen molar-refractivity contribution in [2.75, 3.05) is 0 Å². The molecule has 15 heavy (non-hydrogen) atoms. The molecule has 0 saturated carbocycles. The summed E-state index contributed by atoms with van der Waals surface area (Å²) in [6.07, 6.45) is 2.04. The van der Waals surface area contributed by atoms with Gasteiger partial charge in [-0.3, -0.25) is 0 Å². The van der Waals surface area contributed by atoms with E-state index in [-0.39, 0.29) is 0 Å². The van der Waals surface area contributed by atoms with Gasteiger partial charge in [0.15, 0.2) is 0 Å². The van der Waals surface area contributed by atoms with E-state index >= 15 is 0 Å². The Hall–Kier alpha value is -0.980. The molecule has 0 unspecified atom stereocenters. The SMILES string of the molecule is CC(C)Cc1cccc(CC(C)C)c1[NH]. The van der Waals surface area contributed by atoms with Crippen LogP contribution in [-0.2, 0) is 12.8 Å². The van der Waals surface area contributed by atoms with Crippen molar-refractivity contribution in [3.63, 3.8) is 0 Å². The lowest BCUT2D eigenvalue weighted by atomic mass is 9.95. The van der Waals surface area contributed by atoms with E-state index in [9.17, 15) is 0 Å². The summed E-state index contributed by atoms with van der Waals surface area (Å²) in [6, 6.07) is 6.27. The van der Waals surface area contributed by atoms with Gasteiger partial charge in [0.1, 0.15) is 0 Å². The van der Waals surface area contributed by atoms with E-state index in [2.05, 4.69) is 45.9 Å². The summed E-state index contributed by atoms with van der Waals surface area (Å²) in [4.78, 5) is 0. The Morgan fingerprint density at radius 1 is 0.933 bits per heavy atom. The van der Waals surface area contributed by atoms with Gasteiger partial charge >= 0.3 is 0 Å². The Balaban J connectivity index is 2.90. The maximum atomic E-state index is 8.13. The normalized spacial score (nSPS) is 11.3. The van der Waals surface area contributed by atoms with Crippen LogP contribution in [0.4, 0.5) is 5.69 Å². The summed E-state index contributed by atoms with van der Waals surface area (Å²) >= 11 is 0. The van der Waals surface area contributed by atoms with E-state index < -0.39 is 0 Å². The first-order valence-electron chi connectivity index (χ1n) is 5.83. The molecule has 0 bridgehead atoms. The molecule has 0 amide bonds. The van der Waals surface area contributed by atoms with Crippen molar-refractivity contribution in [3.8, 4) is 0 Å². The molecule has 0 aliphatic heterocycles. The molecule has 0 aliphatic rings. The van der Waals surface area contributed by atoms with Gasteiger partial charge in [-0.2, -0.15) is 0 Å². The molecule has 0 spiro atoms. The predicted molar refractivity (Wildman–Crippen MR) is 66.3 cm³/mol. The molecule has 1 heteroatoms. The van der Waals surface area contributed by atoms with Gasteiger partial charge in [-0.15, -0.1) is 0 Å². The minimum Gasteiger partial charge on any atom is -0.300 e. The van der Waals surface area contributed by atoms with E-state index in [0.717, 1.165) is 18.5 Å². The van der Waals surface area contributed by atoms with E-state index in [0.29, 0.717) is 11.8 Å². The zero-order valence-corrected chi connectivity index (χ0v) is 10.3. The van der Waals surface area contributed by atoms with Gasteiger partial charge in [-0.25, -0.2) is 0 Å². The Bertz CT molecular complexity index is 285. The lowest BCUT2D eigenvalue weighted by Crippen LogP contribution is -2.00. The minimum atomic E-state index is 0.628. The van der Waals surface area contributed by atoms with Crippen molar-refractivity contribution < 1.29 is 0 Å². The van der Waals surface area contributed by atoms with Crippen LogP contribution in [0.1, 0.15) is 38.8 Å². The van der Waals surface area contributed by atoms with Crippen LogP contribution in [0, 0.1) is 11.8 Å². The van der Waals surface area contributed by atoms with Crippen LogP contribution in [-0.4, -0.2) is 0 Å². The number of nitrogens with one attached hydrogen (secondary N) is 1. The monoisotopic (exact) mass is 204 g/mol. The highest BCUT2D eigenvalue weighted by molar-refractivity contribution is 5.51. The first-order valence-corrected chi connectivity index (χ1v) is 5.83. The lowest BCUT2D eigenvalue weighted by molar-refractivity contribution is 0.636. The van der Waals surface area contributed by atoms with Crippen LogP contribution in [0.2, 0.25) is 0 Å². The smallest absolute Gasteiger partial charge is 0.0603 e. The Morgan fingerprint density at radius 2 is 1.33 bits per heavy atom. The molecule has 1 radical (unpaired) electrons. The zero-order chi connectivity index (χ0) is 11.4. The molecule has 1 rings (SSSR count). The second-order valence-corrected chi connectivity index (χ2v) is 5.15. The van der Waals surface area contributed by atoms with Crippen LogP contribution in [0.3, 0.4) is 0 Å². The van der Waals surface area contributed by atoms with Crippen molar-refractivity contribution >= 4 is 5.69 Å². The Kier molecular flexibility index (Phi) is 4.19. The summed E-state index contributed by atoms with van der Waals surface area (Å²) in [6.45, 7) is 8.81. The summed E-state index contributed by atoms with van der Waals surface area (Å²) in [5.41, 5.74) is 11.3. The lowest BCUT2D eigenvalue weighted by Gasteiger charge is -2.13. The van der Waals surface area contributed by atoms with E-state index in [4.69, 9.17) is 5.73 Å². The molecule has 0 aromatic heterocycles. The molecule has 0 saturated heterocycles. The van der Waals surface area contributed by atoms with Crippen molar-refractivity contribution in [1.82, 2.24) is 5.73 Å². The second-order valence-electron chi connectivity index (χ2n) is 5.15. The molecule has 0 fully saturated rings. The number of rotatable bonds is 4. The predicted octanol–water partition coefficient (Wildman–Crippen LogP) is 4.00. The fourth-order valence-corrected chi connectivity index (χ4v) is 1.87. The fraction of sp³-hybridized carbons (Fsp3) is 0.571. The average molecular weight is 204 g/mol. The second kappa shape index (κ2) is 5.20. The third kappa shape index (κ3) is 3.58. The molecular weight excluding hydrogens is 182 g/mol. The topological polar surface area (TPSA) is 23.8 Å². The van der Waals surface area contributed by atoms with Gasteiger partial charge in [0.25, 0.3) is 0 Å². The fourth-order valence-electron chi connectivity index (χ4n) is 1.87. The average Bonchev–Trinajstić information content (AvgIpc) is 2.10. The molecule has 1 aromatic carbocycles. The zero-order valence-electron chi connectivity index (χ0n) is 10.3. The first-order chi connectivity index (χ1) is 7.00. The largest absolute Gasteiger partial charge is 0.300 e. The number of hydrogen-bond acceptors (Lipinski definition) is 0. The quantitative estimate of drug-likeness (QED) is 0.708. The molecule has 0 heterocycles. The third-order valence-electron chi connectivity index (χ3n) is 2.49. The van der Waals surface area contributed by atoms with Crippen molar-refractivity contribution in [2.24, 2.45) is 11.8 Å². The highest BCUT2D eigenvalue weighted by atomic mass is 14.6. The van der Waals surface area contributed by atoms with Gasteiger partial charge in [0.05, 0.1) is 5.69 Å². The van der Waals surface area contributed by atoms with Gasteiger partial charge in [0.2, 0.25) is 0 Å². The van der Waals surface area contributed by atoms with Crippen LogP contribution in [0.5, 0.6) is 0 Å². The first kappa shape index (κ1) is 12.1. The van der Waals surface area contributed by atoms with Gasteiger partial charge < -0.3 is 5.73 Å². The van der Waals surface area contributed by atoms with Gasteiger partial charge in [0, 0.05) is 0 Å². The van der Waals surface area contributed by atoms with Crippen molar-refractivity contribution in [3.05, 3.63) is 29.3 Å². The Labute approximate surface area is 93.7 Å². The molecule has 83 valence electrons. The third-order valence-corrected chi connectivity index (χ3v) is 2.49. The highest BCUT2D eigenvalue weighted by Gasteiger charge is 2.08. The summed E-state index contributed by atoms with van der Waals surface area (Å²) in [7, 11) is 0. The van der Waals surface area contributed by atoms with Gasteiger partial charge in [-0.05, 0) is 35.8 Å². The Morgan fingerprint density at radius 3 is 1.67 bits per heavy atom.